The highest BCUT2D eigenvalue weighted by molar-refractivity contribution is 6.42. The minimum atomic E-state index is -1.08. The third-order valence-corrected chi connectivity index (χ3v) is 5.22. The molecule has 1 aliphatic rings. The fourth-order valence-electron chi connectivity index (χ4n) is 3.26. The highest BCUT2D eigenvalue weighted by Gasteiger charge is 2.24. The Kier molecular flexibility index (Phi) is 4.22. The van der Waals surface area contributed by atoms with Crippen LogP contribution in [-0.2, 0) is 0 Å². The second-order valence-corrected chi connectivity index (χ2v) is 7.24. The molecule has 3 nitrogen and oxygen atoms in total. The van der Waals surface area contributed by atoms with Gasteiger partial charge in [0.2, 0.25) is 0 Å². The Morgan fingerprint density at radius 1 is 0.963 bits per heavy atom. The van der Waals surface area contributed by atoms with Crippen molar-refractivity contribution in [2.75, 3.05) is 0 Å². The summed E-state index contributed by atoms with van der Waals surface area (Å²) < 4.78 is 6.08. The maximum Gasteiger partial charge on any atom is 0.336 e. The Bertz CT molecular complexity index is 1230. The van der Waals surface area contributed by atoms with Gasteiger partial charge < -0.3 is 9.84 Å². The number of hydrogen-bond donors (Lipinski definition) is 1. The maximum absolute atomic E-state index is 11.9. The van der Waals surface area contributed by atoms with E-state index in [1.165, 1.54) is 6.07 Å². The molecule has 3 aromatic carbocycles. The number of carboxylic acids is 1. The van der Waals surface area contributed by atoms with Crippen LogP contribution in [0.2, 0.25) is 10.0 Å². The minimum Gasteiger partial charge on any atom is -0.478 e. The first kappa shape index (κ1) is 17.7. The van der Waals surface area contributed by atoms with Crippen molar-refractivity contribution in [3.63, 3.8) is 0 Å². The molecule has 3 aromatic rings. The number of carbonyl (C=O) groups is 1. The zero-order valence-electron chi connectivity index (χ0n) is 14.3. The van der Waals surface area contributed by atoms with E-state index in [1.54, 1.807) is 6.07 Å². The first-order chi connectivity index (χ1) is 12.8. The van der Waals surface area contributed by atoms with Crippen molar-refractivity contribution >= 4 is 41.3 Å². The fourth-order valence-corrected chi connectivity index (χ4v) is 3.59. The Hall–Kier alpha value is -2.75. The van der Waals surface area contributed by atoms with Gasteiger partial charge >= 0.3 is 5.97 Å². The highest BCUT2D eigenvalue weighted by atomic mass is 35.5. The molecule has 0 amide bonds. The minimum absolute atomic E-state index is 0.0810. The number of hydrogen-bond acceptors (Lipinski definition) is 2. The van der Waals surface area contributed by atoms with Crippen LogP contribution < -0.4 is 15.2 Å². The smallest absolute Gasteiger partial charge is 0.336 e. The second kappa shape index (κ2) is 6.45. The second-order valence-electron chi connectivity index (χ2n) is 6.42. The highest BCUT2D eigenvalue weighted by Crippen LogP contribution is 2.39. The number of benzene rings is 3. The summed E-state index contributed by atoms with van der Waals surface area (Å²) in [5, 5.41) is 11.8. The van der Waals surface area contributed by atoms with Gasteiger partial charge in [-0.25, -0.2) is 4.79 Å². The van der Waals surface area contributed by atoms with Gasteiger partial charge in [-0.2, -0.15) is 0 Å². The molecule has 1 N–H and O–H groups in total. The predicted molar refractivity (Wildman–Crippen MR) is 108 cm³/mol. The van der Waals surface area contributed by atoms with Crippen LogP contribution in [0.3, 0.4) is 0 Å². The van der Waals surface area contributed by atoms with Crippen LogP contribution in [0.1, 0.15) is 27.0 Å². The van der Waals surface area contributed by atoms with E-state index < -0.39 is 5.97 Å². The van der Waals surface area contributed by atoms with Crippen LogP contribution in [0.4, 0.5) is 0 Å². The lowest BCUT2D eigenvalue weighted by Gasteiger charge is -2.22. The van der Waals surface area contributed by atoms with Crippen molar-refractivity contribution in [3.05, 3.63) is 91.3 Å². The summed E-state index contributed by atoms with van der Waals surface area (Å²) in [5.74, 6) is 0.204. The van der Waals surface area contributed by atoms with E-state index in [-0.39, 0.29) is 10.6 Å². The molecule has 5 heteroatoms. The quantitative estimate of drug-likeness (QED) is 0.531. The molecule has 134 valence electrons. The number of fused-ring (bicyclic) bond motifs is 2. The van der Waals surface area contributed by atoms with Crippen molar-refractivity contribution < 1.29 is 14.6 Å². The third kappa shape index (κ3) is 2.99. The summed E-state index contributed by atoms with van der Waals surface area (Å²) in [6.07, 6.45) is 0. The number of rotatable bonds is 2. The van der Waals surface area contributed by atoms with E-state index in [9.17, 15) is 9.90 Å². The number of ether oxygens (including phenoxy) is 1. The van der Waals surface area contributed by atoms with Crippen molar-refractivity contribution in [1.29, 1.82) is 0 Å². The summed E-state index contributed by atoms with van der Waals surface area (Å²) in [6.45, 7) is 5.92. The molecule has 0 saturated heterocycles. The Balaban J connectivity index is 2.18. The normalized spacial score (nSPS) is 12.2. The summed E-state index contributed by atoms with van der Waals surface area (Å²) >= 11 is 12.3. The molecule has 0 aromatic heterocycles. The van der Waals surface area contributed by atoms with Gasteiger partial charge in [0.1, 0.15) is 11.5 Å². The zero-order valence-corrected chi connectivity index (χ0v) is 15.9. The fraction of sp³-hybridized carbons (Fsp3) is 0.0455. The van der Waals surface area contributed by atoms with Gasteiger partial charge in [0, 0.05) is 16.4 Å². The zero-order chi connectivity index (χ0) is 19.3. The lowest BCUT2D eigenvalue weighted by Crippen LogP contribution is -2.20. The SMILES string of the molecule is C=c1ccc2c(c1)Oc1cc(C)ccc1C=2c1cc(Cl)c(Cl)cc1C(=O)O. The van der Waals surface area contributed by atoms with Gasteiger partial charge in [0.25, 0.3) is 0 Å². The molecule has 4 rings (SSSR count). The number of halogens is 2. The van der Waals surface area contributed by atoms with Gasteiger partial charge in [-0.3, -0.25) is 0 Å². The molecule has 0 spiro atoms. The molecule has 1 heterocycles. The van der Waals surface area contributed by atoms with Crippen molar-refractivity contribution in [3.8, 4) is 11.5 Å². The van der Waals surface area contributed by atoms with Crippen molar-refractivity contribution in [2.24, 2.45) is 0 Å². The molecular formula is C22H14Cl2O3. The van der Waals surface area contributed by atoms with Crippen LogP contribution in [0, 0.1) is 6.92 Å². The van der Waals surface area contributed by atoms with Crippen molar-refractivity contribution in [2.45, 2.75) is 6.92 Å². The summed E-state index contributed by atoms with van der Waals surface area (Å²) in [4.78, 5) is 11.9. The van der Waals surface area contributed by atoms with Gasteiger partial charge in [-0.1, -0.05) is 54.0 Å². The Morgan fingerprint density at radius 2 is 1.70 bits per heavy atom. The number of aryl methyl sites for hydroxylation is 1. The molecule has 0 fully saturated rings. The average molecular weight is 397 g/mol. The van der Waals surface area contributed by atoms with Gasteiger partial charge in [-0.15, -0.1) is 0 Å². The summed E-state index contributed by atoms with van der Waals surface area (Å²) in [5.41, 5.74) is 3.14. The van der Waals surface area contributed by atoms with E-state index >= 15 is 0 Å². The van der Waals surface area contributed by atoms with Gasteiger partial charge in [0.05, 0.1) is 15.6 Å². The molecule has 0 unspecified atom stereocenters. The monoisotopic (exact) mass is 396 g/mol. The first-order valence-electron chi connectivity index (χ1n) is 8.20. The van der Waals surface area contributed by atoms with E-state index in [2.05, 4.69) is 6.58 Å². The summed E-state index contributed by atoms with van der Waals surface area (Å²) in [7, 11) is 0. The number of carboxylic acid groups (broad SMARTS) is 1. The van der Waals surface area contributed by atoms with Gasteiger partial charge in [0.15, 0.2) is 0 Å². The Labute approximate surface area is 165 Å². The molecule has 1 aliphatic heterocycles. The molecule has 0 aliphatic carbocycles. The van der Waals surface area contributed by atoms with Crippen LogP contribution >= 0.6 is 23.2 Å². The van der Waals surface area contributed by atoms with E-state index in [0.29, 0.717) is 22.1 Å². The third-order valence-electron chi connectivity index (χ3n) is 4.50. The molecule has 0 saturated carbocycles. The van der Waals surface area contributed by atoms with E-state index in [4.69, 9.17) is 27.9 Å². The molecule has 27 heavy (non-hydrogen) atoms. The standard InChI is InChI=1S/C22H14Cl2O3/c1-11-3-5-13-19(7-11)27-20-8-12(2)4-6-14(20)21(13)15-9-17(23)18(24)10-16(15)22(25)26/h3-10H,1H2,2H3,(H,25,26). The van der Waals surface area contributed by atoms with Crippen LogP contribution in [0.5, 0.6) is 11.5 Å². The van der Waals surface area contributed by atoms with Gasteiger partial charge in [-0.05, 0) is 47.5 Å². The average Bonchev–Trinajstić information content (AvgIpc) is 2.61. The van der Waals surface area contributed by atoms with Crippen LogP contribution in [0.25, 0.3) is 12.2 Å². The van der Waals surface area contributed by atoms with E-state index in [0.717, 1.165) is 27.1 Å². The van der Waals surface area contributed by atoms with E-state index in [1.807, 2.05) is 43.3 Å². The molecule has 0 radical (unpaired) electrons. The number of aromatic carboxylic acids is 1. The topological polar surface area (TPSA) is 46.5 Å². The van der Waals surface area contributed by atoms with Crippen LogP contribution in [-0.4, -0.2) is 11.1 Å². The Morgan fingerprint density at radius 3 is 2.44 bits per heavy atom. The molecule has 0 bridgehead atoms. The molecule has 0 atom stereocenters. The largest absolute Gasteiger partial charge is 0.478 e. The first-order valence-corrected chi connectivity index (χ1v) is 8.95. The van der Waals surface area contributed by atoms with Crippen LogP contribution in [0.15, 0.2) is 48.5 Å². The lowest BCUT2D eigenvalue weighted by molar-refractivity contribution is 0.0696. The predicted octanol–water partition coefficient (Wildman–Crippen LogP) is 4.76. The summed E-state index contributed by atoms with van der Waals surface area (Å²) in [6, 6.07) is 14.4. The maximum atomic E-state index is 11.9. The molecular weight excluding hydrogens is 383 g/mol. The lowest BCUT2D eigenvalue weighted by atomic mass is 9.89. The van der Waals surface area contributed by atoms with Crippen molar-refractivity contribution in [1.82, 2.24) is 0 Å².